The van der Waals surface area contributed by atoms with E-state index in [1.165, 1.54) is 5.56 Å². The van der Waals surface area contributed by atoms with Crippen LogP contribution in [0.1, 0.15) is 28.7 Å². The number of rotatable bonds is 3. The minimum Gasteiger partial charge on any atom is -0.384 e. The van der Waals surface area contributed by atoms with Crippen LogP contribution in [-0.2, 0) is 13.0 Å². The summed E-state index contributed by atoms with van der Waals surface area (Å²) in [6, 6.07) is 7.79. The summed E-state index contributed by atoms with van der Waals surface area (Å²) in [5, 5.41) is 10.6. The summed E-state index contributed by atoms with van der Waals surface area (Å²) in [6.45, 7) is 5.52. The number of aromatic nitrogens is 2. The summed E-state index contributed by atoms with van der Waals surface area (Å²) >= 11 is 0. The van der Waals surface area contributed by atoms with Crippen LogP contribution in [0.15, 0.2) is 24.3 Å². The Kier molecular flexibility index (Phi) is 3.18. The number of anilines is 2. The van der Waals surface area contributed by atoms with Crippen molar-refractivity contribution in [3.8, 4) is 0 Å². The molecular formula is C15H18N4O. The number of benzene rings is 1. The second-order valence-corrected chi connectivity index (χ2v) is 4.99. The number of hydrogen-bond acceptors (Lipinski definition) is 3. The first-order valence-electron chi connectivity index (χ1n) is 6.90. The first kappa shape index (κ1) is 12.7. The molecule has 1 aliphatic heterocycles. The Balaban J connectivity index is 1.82. The molecule has 1 amide bonds. The van der Waals surface area contributed by atoms with Gasteiger partial charge in [-0.1, -0.05) is 0 Å². The van der Waals surface area contributed by atoms with E-state index >= 15 is 0 Å². The Hall–Kier alpha value is -2.30. The first-order valence-corrected chi connectivity index (χ1v) is 6.90. The van der Waals surface area contributed by atoms with Gasteiger partial charge in [0.15, 0.2) is 0 Å². The molecule has 1 aromatic heterocycles. The molecule has 1 aromatic carbocycles. The number of nitrogens with one attached hydrogen (secondary N) is 2. The molecule has 0 unspecified atom stereocenters. The van der Waals surface area contributed by atoms with E-state index in [2.05, 4.69) is 15.7 Å². The van der Waals surface area contributed by atoms with E-state index in [-0.39, 0.29) is 5.91 Å². The van der Waals surface area contributed by atoms with Gasteiger partial charge >= 0.3 is 0 Å². The van der Waals surface area contributed by atoms with E-state index in [9.17, 15) is 4.79 Å². The molecule has 0 radical (unpaired) electrons. The highest BCUT2D eigenvalue weighted by molar-refractivity contribution is 6.03. The topological polar surface area (TPSA) is 59.0 Å². The standard InChI is InChI=1S/C15H18N4O/c1-3-19-14(8-10(2)18-19)15(20)17-12-4-5-13-11(9-12)6-7-16-13/h4-5,8-9,16H,3,6-7H2,1-2H3,(H,17,20). The second-order valence-electron chi connectivity index (χ2n) is 4.99. The fraction of sp³-hybridized carbons (Fsp3) is 0.333. The van der Waals surface area contributed by atoms with Crippen LogP contribution in [-0.4, -0.2) is 22.2 Å². The van der Waals surface area contributed by atoms with Crippen molar-refractivity contribution in [3.63, 3.8) is 0 Å². The van der Waals surface area contributed by atoms with Gasteiger partial charge in [0.25, 0.3) is 5.91 Å². The lowest BCUT2D eigenvalue weighted by atomic mass is 10.1. The van der Waals surface area contributed by atoms with Gasteiger partial charge in [-0.15, -0.1) is 0 Å². The fourth-order valence-electron chi connectivity index (χ4n) is 2.55. The monoisotopic (exact) mass is 270 g/mol. The van der Waals surface area contributed by atoms with Crippen LogP contribution in [0.25, 0.3) is 0 Å². The molecule has 0 fully saturated rings. The van der Waals surface area contributed by atoms with Crippen LogP contribution < -0.4 is 10.6 Å². The molecule has 0 saturated heterocycles. The summed E-state index contributed by atoms with van der Waals surface area (Å²) in [6.07, 6.45) is 1.01. The van der Waals surface area contributed by atoms with Gasteiger partial charge in [-0.25, -0.2) is 0 Å². The average molecular weight is 270 g/mol. The summed E-state index contributed by atoms with van der Waals surface area (Å²) in [5.41, 5.74) is 4.71. The maximum Gasteiger partial charge on any atom is 0.273 e. The Labute approximate surface area is 118 Å². The van der Waals surface area contributed by atoms with Gasteiger partial charge < -0.3 is 10.6 Å². The molecule has 5 heteroatoms. The molecule has 20 heavy (non-hydrogen) atoms. The van der Waals surface area contributed by atoms with Crippen LogP contribution in [0.2, 0.25) is 0 Å². The molecule has 0 atom stereocenters. The van der Waals surface area contributed by atoms with Gasteiger partial charge in [-0.2, -0.15) is 5.10 Å². The van der Waals surface area contributed by atoms with E-state index in [0.717, 1.165) is 30.0 Å². The number of carbonyl (C=O) groups is 1. The van der Waals surface area contributed by atoms with E-state index < -0.39 is 0 Å². The molecule has 1 aliphatic rings. The lowest BCUT2D eigenvalue weighted by Crippen LogP contribution is -2.17. The van der Waals surface area contributed by atoms with Crippen LogP contribution in [0.4, 0.5) is 11.4 Å². The Morgan fingerprint density at radius 2 is 2.30 bits per heavy atom. The summed E-state index contributed by atoms with van der Waals surface area (Å²) in [4.78, 5) is 12.3. The van der Waals surface area contributed by atoms with Gasteiger partial charge in [0.05, 0.1) is 5.69 Å². The van der Waals surface area contributed by atoms with E-state index in [1.807, 2.05) is 38.1 Å². The number of nitrogens with zero attached hydrogens (tertiary/aromatic N) is 2. The average Bonchev–Trinajstić information content (AvgIpc) is 3.03. The van der Waals surface area contributed by atoms with Crippen molar-refractivity contribution in [3.05, 3.63) is 41.2 Å². The highest BCUT2D eigenvalue weighted by Gasteiger charge is 2.15. The first-order chi connectivity index (χ1) is 9.67. The van der Waals surface area contributed by atoms with Crippen molar-refractivity contribution in [2.75, 3.05) is 17.2 Å². The van der Waals surface area contributed by atoms with E-state index in [4.69, 9.17) is 0 Å². The van der Waals surface area contributed by atoms with Crippen LogP contribution >= 0.6 is 0 Å². The third-order valence-corrected chi connectivity index (χ3v) is 3.51. The van der Waals surface area contributed by atoms with Gasteiger partial charge in [0.1, 0.15) is 5.69 Å². The number of aryl methyl sites for hydroxylation is 2. The third-order valence-electron chi connectivity index (χ3n) is 3.51. The number of amides is 1. The predicted octanol–water partition coefficient (Wildman–Crippen LogP) is 2.43. The zero-order valence-electron chi connectivity index (χ0n) is 11.7. The maximum absolute atomic E-state index is 12.3. The molecule has 2 aromatic rings. The van der Waals surface area contributed by atoms with Crippen molar-refractivity contribution in [1.29, 1.82) is 0 Å². The molecule has 2 N–H and O–H groups in total. The van der Waals surface area contributed by atoms with E-state index in [0.29, 0.717) is 12.2 Å². The summed E-state index contributed by atoms with van der Waals surface area (Å²) < 4.78 is 1.72. The molecule has 0 bridgehead atoms. The zero-order valence-corrected chi connectivity index (χ0v) is 11.7. The lowest BCUT2D eigenvalue weighted by molar-refractivity contribution is 0.101. The quantitative estimate of drug-likeness (QED) is 0.900. The molecule has 0 saturated carbocycles. The number of fused-ring (bicyclic) bond motifs is 1. The molecule has 0 spiro atoms. The molecule has 104 valence electrons. The number of hydrogen-bond donors (Lipinski definition) is 2. The van der Waals surface area contributed by atoms with Gasteiger partial charge in [-0.05, 0) is 50.1 Å². The Bertz CT molecular complexity index is 660. The van der Waals surface area contributed by atoms with Crippen molar-refractivity contribution in [1.82, 2.24) is 9.78 Å². The van der Waals surface area contributed by atoms with Crippen molar-refractivity contribution >= 4 is 17.3 Å². The summed E-state index contributed by atoms with van der Waals surface area (Å²) in [7, 11) is 0. The van der Waals surface area contributed by atoms with Gasteiger partial charge in [-0.3, -0.25) is 9.48 Å². The molecular weight excluding hydrogens is 252 g/mol. The van der Waals surface area contributed by atoms with Crippen LogP contribution in [0.5, 0.6) is 0 Å². The highest BCUT2D eigenvalue weighted by atomic mass is 16.2. The van der Waals surface area contributed by atoms with Crippen molar-refractivity contribution < 1.29 is 4.79 Å². The molecule has 0 aliphatic carbocycles. The van der Waals surface area contributed by atoms with Gasteiger partial charge in [0.2, 0.25) is 0 Å². The smallest absolute Gasteiger partial charge is 0.273 e. The minimum absolute atomic E-state index is 0.113. The second kappa shape index (κ2) is 5.00. The predicted molar refractivity (Wildman–Crippen MR) is 79.2 cm³/mol. The lowest BCUT2D eigenvalue weighted by Gasteiger charge is -2.08. The Morgan fingerprint density at radius 3 is 3.10 bits per heavy atom. The molecule has 5 nitrogen and oxygen atoms in total. The third kappa shape index (κ3) is 2.27. The van der Waals surface area contributed by atoms with Crippen molar-refractivity contribution in [2.45, 2.75) is 26.8 Å². The minimum atomic E-state index is -0.113. The van der Waals surface area contributed by atoms with Crippen molar-refractivity contribution in [2.24, 2.45) is 0 Å². The zero-order chi connectivity index (χ0) is 14.1. The fourth-order valence-corrected chi connectivity index (χ4v) is 2.55. The maximum atomic E-state index is 12.3. The molecule has 3 rings (SSSR count). The van der Waals surface area contributed by atoms with Gasteiger partial charge in [0, 0.05) is 24.5 Å². The molecule has 2 heterocycles. The van der Waals surface area contributed by atoms with Crippen LogP contribution in [0.3, 0.4) is 0 Å². The summed E-state index contributed by atoms with van der Waals surface area (Å²) in [5.74, 6) is -0.113. The number of carbonyl (C=O) groups excluding carboxylic acids is 1. The highest BCUT2D eigenvalue weighted by Crippen LogP contribution is 2.25. The van der Waals surface area contributed by atoms with E-state index in [1.54, 1.807) is 4.68 Å². The van der Waals surface area contributed by atoms with Crippen LogP contribution in [0, 0.1) is 6.92 Å². The normalized spacial score (nSPS) is 12.9. The Morgan fingerprint density at radius 1 is 1.45 bits per heavy atom. The SMILES string of the molecule is CCn1nc(C)cc1C(=O)Nc1ccc2c(c1)CCN2. The largest absolute Gasteiger partial charge is 0.384 e.